The Labute approximate surface area is 159 Å². The predicted molar refractivity (Wildman–Crippen MR) is 106 cm³/mol. The molecule has 3 rings (SSSR count). The summed E-state index contributed by atoms with van der Waals surface area (Å²) in [5.41, 5.74) is 1.97. The summed E-state index contributed by atoms with van der Waals surface area (Å²) in [4.78, 5) is 21.2. The van der Waals surface area contributed by atoms with Crippen LogP contribution in [0.2, 0.25) is 0 Å². The van der Waals surface area contributed by atoms with Crippen LogP contribution in [-0.4, -0.2) is 54.5 Å². The van der Waals surface area contributed by atoms with Gasteiger partial charge in [0.25, 0.3) is 0 Å². The van der Waals surface area contributed by atoms with Gasteiger partial charge in [-0.25, -0.2) is 4.39 Å². The number of hydrogen-bond acceptors (Lipinski definition) is 2. The molecule has 146 valence electrons. The van der Waals surface area contributed by atoms with Gasteiger partial charge in [-0.05, 0) is 49.9 Å². The smallest absolute Gasteiger partial charge is 0.222 e. The predicted octanol–water partition coefficient (Wildman–Crippen LogP) is 2.42. The van der Waals surface area contributed by atoms with E-state index < -0.39 is 0 Å². The molecule has 0 aliphatic carbocycles. The Balaban J connectivity index is 1.46. The second kappa shape index (κ2) is 9.39. The molecule has 0 unspecified atom stereocenters. The van der Waals surface area contributed by atoms with Crippen LogP contribution >= 0.6 is 0 Å². The molecule has 1 amide bonds. The van der Waals surface area contributed by atoms with E-state index in [1.165, 1.54) is 12.1 Å². The van der Waals surface area contributed by atoms with Crippen molar-refractivity contribution >= 4 is 22.8 Å². The summed E-state index contributed by atoms with van der Waals surface area (Å²) in [5.74, 6) is 0.824. The van der Waals surface area contributed by atoms with Crippen molar-refractivity contribution in [1.82, 2.24) is 20.5 Å². The van der Waals surface area contributed by atoms with Gasteiger partial charge in [0.2, 0.25) is 5.91 Å². The summed E-state index contributed by atoms with van der Waals surface area (Å²) in [5, 5.41) is 7.64. The minimum absolute atomic E-state index is 0.230. The maximum atomic E-state index is 13.3. The average molecular weight is 373 g/mol. The molecule has 1 aliphatic heterocycles. The molecule has 0 spiro atoms. The number of benzene rings is 1. The molecule has 2 heterocycles. The maximum Gasteiger partial charge on any atom is 0.222 e. The van der Waals surface area contributed by atoms with Crippen LogP contribution in [0, 0.1) is 5.82 Å². The van der Waals surface area contributed by atoms with Gasteiger partial charge in [0, 0.05) is 56.2 Å². The zero-order chi connectivity index (χ0) is 19.1. The number of fused-ring (bicyclic) bond motifs is 1. The standard InChI is InChI=1S/C20H28FN5O/c1-2-22-20(23-9-4-12-26-11-3-5-19(26)27)24-10-8-15-14-25-18-13-16(21)6-7-17(15)18/h6-7,13-14,25H,2-5,8-12H2,1H3,(H2,22,23,24). The highest BCUT2D eigenvalue weighted by Gasteiger charge is 2.18. The third kappa shape index (κ3) is 5.21. The van der Waals surface area contributed by atoms with E-state index in [4.69, 9.17) is 0 Å². The number of rotatable bonds is 8. The van der Waals surface area contributed by atoms with E-state index in [9.17, 15) is 9.18 Å². The number of carbonyl (C=O) groups excluding carboxylic acids is 1. The number of aliphatic imine (C=N–C) groups is 1. The minimum Gasteiger partial charge on any atom is -0.361 e. The summed E-state index contributed by atoms with van der Waals surface area (Å²) in [7, 11) is 0. The lowest BCUT2D eigenvalue weighted by atomic mass is 10.1. The van der Waals surface area contributed by atoms with E-state index in [0.29, 0.717) is 13.0 Å². The molecule has 1 aromatic heterocycles. The summed E-state index contributed by atoms with van der Waals surface area (Å²) in [6.07, 6.45) is 5.29. The van der Waals surface area contributed by atoms with Crippen molar-refractivity contribution in [2.24, 2.45) is 4.99 Å². The van der Waals surface area contributed by atoms with Crippen LogP contribution in [0.3, 0.4) is 0 Å². The van der Waals surface area contributed by atoms with Crippen molar-refractivity contribution in [3.63, 3.8) is 0 Å². The molecule has 0 atom stereocenters. The lowest BCUT2D eigenvalue weighted by molar-refractivity contribution is -0.127. The van der Waals surface area contributed by atoms with Crippen molar-refractivity contribution in [3.8, 4) is 0 Å². The van der Waals surface area contributed by atoms with Gasteiger partial charge in [0.05, 0.1) is 0 Å². The van der Waals surface area contributed by atoms with Crippen molar-refractivity contribution in [3.05, 3.63) is 35.8 Å². The van der Waals surface area contributed by atoms with Gasteiger partial charge in [-0.2, -0.15) is 0 Å². The number of aromatic nitrogens is 1. The maximum absolute atomic E-state index is 13.3. The van der Waals surface area contributed by atoms with Crippen molar-refractivity contribution in [2.75, 3.05) is 32.7 Å². The highest BCUT2D eigenvalue weighted by Crippen LogP contribution is 2.19. The molecule has 0 saturated carbocycles. The first-order chi connectivity index (χ1) is 13.2. The molecular formula is C20H28FN5O. The van der Waals surface area contributed by atoms with Crippen LogP contribution in [0.15, 0.2) is 29.4 Å². The van der Waals surface area contributed by atoms with E-state index in [1.54, 1.807) is 0 Å². The number of likely N-dealkylation sites (tertiary alicyclic amines) is 1. The van der Waals surface area contributed by atoms with Gasteiger partial charge in [-0.3, -0.25) is 9.79 Å². The lowest BCUT2D eigenvalue weighted by Crippen LogP contribution is -2.38. The Morgan fingerprint density at radius 2 is 2.26 bits per heavy atom. The van der Waals surface area contributed by atoms with Crippen LogP contribution in [0.25, 0.3) is 10.9 Å². The van der Waals surface area contributed by atoms with E-state index >= 15 is 0 Å². The molecule has 0 bridgehead atoms. The molecule has 1 saturated heterocycles. The fraction of sp³-hybridized carbons (Fsp3) is 0.500. The van der Waals surface area contributed by atoms with E-state index in [1.807, 2.05) is 24.1 Å². The quantitative estimate of drug-likeness (QED) is 0.378. The molecule has 6 nitrogen and oxygen atoms in total. The third-order valence-corrected chi connectivity index (χ3v) is 4.79. The average Bonchev–Trinajstić information content (AvgIpc) is 3.24. The van der Waals surface area contributed by atoms with E-state index in [-0.39, 0.29) is 11.7 Å². The van der Waals surface area contributed by atoms with Crippen molar-refractivity contribution in [1.29, 1.82) is 0 Å². The monoisotopic (exact) mass is 373 g/mol. The third-order valence-electron chi connectivity index (χ3n) is 4.79. The second-order valence-corrected chi connectivity index (χ2v) is 6.78. The van der Waals surface area contributed by atoms with Gasteiger partial charge < -0.3 is 20.5 Å². The first-order valence-electron chi connectivity index (χ1n) is 9.73. The molecule has 1 aromatic carbocycles. The number of hydrogen-bond donors (Lipinski definition) is 3. The lowest BCUT2D eigenvalue weighted by Gasteiger charge is -2.15. The fourth-order valence-electron chi connectivity index (χ4n) is 3.42. The Kier molecular flexibility index (Phi) is 6.68. The second-order valence-electron chi connectivity index (χ2n) is 6.78. The number of H-pyrrole nitrogens is 1. The summed E-state index contributed by atoms with van der Waals surface area (Å²) in [6, 6.07) is 4.82. The van der Waals surface area contributed by atoms with E-state index in [0.717, 1.165) is 67.9 Å². The SMILES string of the molecule is CCNC(=NCCCN1CCCC1=O)NCCc1c[nH]c2cc(F)ccc12. The largest absolute Gasteiger partial charge is 0.361 e. The topological polar surface area (TPSA) is 72.5 Å². The summed E-state index contributed by atoms with van der Waals surface area (Å²) < 4.78 is 13.3. The number of carbonyl (C=O) groups is 1. The number of nitrogens with zero attached hydrogens (tertiary/aromatic N) is 2. The number of aromatic amines is 1. The van der Waals surface area contributed by atoms with Crippen LogP contribution in [0.1, 0.15) is 31.7 Å². The number of guanidine groups is 1. The van der Waals surface area contributed by atoms with Crippen LogP contribution in [-0.2, 0) is 11.2 Å². The molecule has 27 heavy (non-hydrogen) atoms. The number of halogens is 1. The normalized spacial score (nSPS) is 15.0. The molecule has 2 aromatic rings. The van der Waals surface area contributed by atoms with Crippen molar-refractivity contribution in [2.45, 2.75) is 32.6 Å². The molecule has 7 heteroatoms. The summed E-state index contributed by atoms with van der Waals surface area (Å²) >= 11 is 0. The molecule has 3 N–H and O–H groups in total. The van der Waals surface area contributed by atoms with Gasteiger partial charge in [-0.1, -0.05) is 0 Å². The van der Waals surface area contributed by atoms with Crippen LogP contribution in [0.4, 0.5) is 4.39 Å². The Morgan fingerprint density at radius 3 is 3.04 bits per heavy atom. The first kappa shape index (κ1) is 19.2. The Hall–Kier alpha value is -2.57. The number of amides is 1. The molecule has 1 aliphatic rings. The highest BCUT2D eigenvalue weighted by molar-refractivity contribution is 5.83. The van der Waals surface area contributed by atoms with Gasteiger partial charge in [0.1, 0.15) is 5.82 Å². The van der Waals surface area contributed by atoms with Gasteiger partial charge in [0.15, 0.2) is 5.96 Å². The highest BCUT2D eigenvalue weighted by atomic mass is 19.1. The number of nitrogens with one attached hydrogen (secondary N) is 3. The van der Waals surface area contributed by atoms with Crippen molar-refractivity contribution < 1.29 is 9.18 Å². The zero-order valence-electron chi connectivity index (χ0n) is 15.9. The molecule has 1 fully saturated rings. The van der Waals surface area contributed by atoms with Crippen LogP contribution in [0.5, 0.6) is 0 Å². The molecule has 0 radical (unpaired) electrons. The minimum atomic E-state index is -0.230. The van der Waals surface area contributed by atoms with Gasteiger partial charge in [-0.15, -0.1) is 0 Å². The zero-order valence-corrected chi connectivity index (χ0v) is 15.9. The van der Waals surface area contributed by atoms with E-state index in [2.05, 4.69) is 20.6 Å². The fourth-order valence-corrected chi connectivity index (χ4v) is 3.42. The van der Waals surface area contributed by atoms with Crippen LogP contribution < -0.4 is 10.6 Å². The Morgan fingerprint density at radius 1 is 1.37 bits per heavy atom. The van der Waals surface area contributed by atoms with Gasteiger partial charge >= 0.3 is 0 Å². The summed E-state index contributed by atoms with van der Waals surface area (Å²) in [6.45, 7) is 5.92. The Bertz CT molecular complexity index is 801. The molecular weight excluding hydrogens is 345 g/mol. The first-order valence-corrected chi connectivity index (χ1v) is 9.73.